The number of hydrogen-bond donors (Lipinski definition) is 0. The van der Waals surface area contributed by atoms with E-state index in [9.17, 15) is 9.65 Å². The van der Waals surface area contributed by atoms with E-state index in [1.165, 1.54) is 18.5 Å². The van der Waals surface area contributed by atoms with Crippen molar-refractivity contribution in [1.82, 2.24) is 9.97 Å². The van der Waals surface area contributed by atoms with Crippen LogP contribution in [-0.4, -0.2) is 16.6 Å². The van der Waals surface area contributed by atoms with Crippen LogP contribution in [-0.2, 0) is 0 Å². The van der Waals surface area contributed by atoms with Crippen molar-refractivity contribution >= 4 is 0 Å². The molecule has 4 nitrogen and oxygen atoms in total. The van der Waals surface area contributed by atoms with Crippen molar-refractivity contribution in [2.75, 3.05) is 6.61 Å². The van der Waals surface area contributed by atoms with Crippen molar-refractivity contribution in [2.24, 2.45) is 0 Å². The van der Waals surface area contributed by atoms with Crippen LogP contribution in [0.15, 0.2) is 36.8 Å². The maximum Gasteiger partial charge on any atom is 0.165 e. The molecule has 0 aliphatic rings. The Morgan fingerprint density at radius 2 is 2.26 bits per heavy atom. The zero-order valence-electron chi connectivity index (χ0n) is 10.4. The van der Waals surface area contributed by atoms with Crippen LogP contribution in [0.5, 0.6) is 5.75 Å². The number of halogens is 1. The summed E-state index contributed by atoms with van der Waals surface area (Å²) >= 11 is 0. The number of rotatable bonds is 4. The molecule has 5 heteroatoms. The van der Waals surface area contributed by atoms with Crippen LogP contribution < -0.4 is 4.74 Å². The van der Waals surface area contributed by atoms with Crippen LogP contribution in [0, 0.1) is 17.1 Å². The van der Waals surface area contributed by atoms with Crippen LogP contribution in [0.2, 0.25) is 0 Å². The monoisotopic (exact) mass is 257 g/mol. The third kappa shape index (κ3) is 2.86. The van der Waals surface area contributed by atoms with E-state index in [0.29, 0.717) is 17.9 Å². The predicted octanol–water partition coefficient (Wildman–Crippen LogP) is 2.67. The van der Waals surface area contributed by atoms with E-state index in [1.54, 1.807) is 25.3 Å². The van der Waals surface area contributed by atoms with Crippen LogP contribution in [0.25, 0.3) is 0 Å². The van der Waals surface area contributed by atoms with Crippen LogP contribution in [0.3, 0.4) is 0 Å². The Morgan fingerprint density at radius 1 is 1.42 bits per heavy atom. The van der Waals surface area contributed by atoms with Gasteiger partial charge in [0.2, 0.25) is 0 Å². The highest BCUT2D eigenvalue weighted by atomic mass is 19.1. The summed E-state index contributed by atoms with van der Waals surface area (Å²) in [6.07, 6.45) is 2.92. The second kappa shape index (κ2) is 5.91. The van der Waals surface area contributed by atoms with Crippen LogP contribution in [0.4, 0.5) is 4.39 Å². The summed E-state index contributed by atoms with van der Waals surface area (Å²) in [5.74, 6) is -0.910. The standard InChI is InChI=1S/C14H12FN3O/c1-2-19-14-4-3-10(7-12(14)15)11(8-16)13-5-6-17-9-18-13/h3-7,9,11H,2H2,1H3. The molecule has 2 rings (SSSR count). The number of benzene rings is 1. The molecule has 1 unspecified atom stereocenters. The number of nitriles is 1. The quantitative estimate of drug-likeness (QED) is 0.844. The molecule has 0 N–H and O–H groups in total. The fourth-order valence-electron chi connectivity index (χ4n) is 1.75. The second-order valence-corrected chi connectivity index (χ2v) is 3.82. The summed E-state index contributed by atoms with van der Waals surface area (Å²) in [6.45, 7) is 2.18. The first-order valence-electron chi connectivity index (χ1n) is 5.84. The van der Waals surface area contributed by atoms with Gasteiger partial charge in [-0.25, -0.2) is 14.4 Å². The van der Waals surface area contributed by atoms with Crippen molar-refractivity contribution in [3.05, 3.63) is 53.9 Å². The molecule has 0 aliphatic heterocycles. The normalized spacial score (nSPS) is 11.6. The third-order valence-corrected chi connectivity index (χ3v) is 2.62. The van der Waals surface area contributed by atoms with Gasteiger partial charge in [-0.2, -0.15) is 5.26 Å². The van der Waals surface area contributed by atoms with Gasteiger partial charge < -0.3 is 4.74 Å². The first kappa shape index (κ1) is 13.0. The summed E-state index contributed by atoms with van der Waals surface area (Å²) < 4.78 is 18.9. The Bertz CT molecular complexity index is 595. The van der Waals surface area contributed by atoms with Gasteiger partial charge in [-0.15, -0.1) is 0 Å². The molecule has 0 radical (unpaired) electrons. The highest BCUT2D eigenvalue weighted by Crippen LogP contribution is 2.26. The summed E-state index contributed by atoms with van der Waals surface area (Å²) in [6, 6.07) is 8.26. The van der Waals surface area contributed by atoms with Crippen molar-refractivity contribution in [3.63, 3.8) is 0 Å². The lowest BCUT2D eigenvalue weighted by Crippen LogP contribution is -2.03. The average Bonchev–Trinajstić information content (AvgIpc) is 2.44. The minimum atomic E-state index is -0.617. The fourth-order valence-corrected chi connectivity index (χ4v) is 1.75. The van der Waals surface area contributed by atoms with E-state index in [1.807, 2.05) is 0 Å². The van der Waals surface area contributed by atoms with Crippen molar-refractivity contribution in [3.8, 4) is 11.8 Å². The number of hydrogen-bond acceptors (Lipinski definition) is 4. The van der Waals surface area contributed by atoms with Gasteiger partial charge in [0.25, 0.3) is 0 Å². The smallest absolute Gasteiger partial charge is 0.165 e. The Morgan fingerprint density at radius 3 is 2.84 bits per heavy atom. The molecule has 0 saturated heterocycles. The van der Waals surface area contributed by atoms with Crippen LogP contribution in [0.1, 0.15) is 24.1 Å². The first-order chi connectivity index (χ1) is 9.26. The summed E-state index contributed by atoms with van der Waals surface area (Å²) in [4.78, 5) is 7.82. The minimum absolute atomic E-state index is 0.186. The topological polar surface area (TPSA) is 58.8 Å². The summed E-state index contributed by atoms with van der Waals surface area (Å²) in [7, 11) is 0. The maximum atomic E-state index is 13.8. The van der Waals surface area contributed by atoms with E-state index in [0.717, 1.165) is 0 Å². The Labute approximate surface area is 110 Å². The molecule has 0 amide bonds. The molecule has 0 spiro atoms. The first-order valence-corrected chi connectivity index (χ1v) is 5.84. The van der Waals surface area contributed by atoms with Crippen molar-refractivity contribution in [2.45, 2.75) is 12.8 Å². The maximum absolute atomic E-state index is 13.8. The second-order valence-electron chi connectivity index (χ2n) is 3.82. The zero-order valence-corrected chi connectivity index (χ0v) is 10.4. The molecule has 1 heterocycles. The minimum Gasteiger partial charge on any atom is -0.491 e. The van der Waals surface area contributed by atoms with E-state index in [4.69, 9.17) is 4.74 Å². The third-order valence-electron chi connectivity index (χ3n) is 2.62. The molecule has 1 atom stereocenters. The van der Waals surface area contributed by atoms with Gasteiger partial charge >= 0.3 is 0 Å². The zero-order chi connectivity index (χ0) is 13.7. The van der Waals surface area contributed by atoms with Gasteiger partial charge in [-0.1, -0.05) is 6.07 Å². The Hall–Kier alpha value is -2.48. The predicted molar refractivity (Wildman–Crippen MR) is 67.1 cm³/mol. The van der Waals surface area contributed by atoms with Gasteiger partial charge in [-0.3, -0.25) is 0 Å². The van der Waals surface area contributed by atoms with E-state index in [-0.39, 0.29) is 5.75 Å². The summed E-state index contributed by atoms with van der Waals surface area (Å²) in [5.41, 5.74) is 1.09. The van der Waals surface area contributed by atoms with E-state index in [2.05, 4.69) is 16.0 Å². The molecular weight excluding hydrogens is 245 g/mol. The van der Waals surface area contributed by atoms with Gasteiger partial charge in [0.1, 0.15) is 12.2 Å². The highest BCUT2D eigenvalue weighted by Gasteiger charge is 2.16. The lowest BCUT2D eigenvalue weighted by molar-refractivity contribution is 0.321. The van der Waals surface area contributed by atoms with Crippen LogP contribution >= 0.6 is 0 Å². The highest BCUT2D eigenvalue weighted by molar-refractivity contribution is 5.38. The largest absolute Gasteiger partial charge is 0.491 e. The number of aromatic nitrogens is 2. The molecular formula is C14H12FN3O. The number of nitrogens with zero attached hydrogens (tertiary/aromatic N) is 3. The van der Waals surface area contributed by atoms with Crippen molar-refractivity contribution in [1.29, 1.82) is 5.26 Å². The van der Waals surface area contributed by atoms with E-state index < -0.39 is 11.7 Å². The van der Waals surface area contributed by atoms with Gasteiger partial charge in [0.15, 0.2) is 11.6 Å². The molecule has 96 valence electrons. The average molecular weight is 257 g/mol. The van der Waals surface area contributed by atoms with Crippen molar-refractivity contribution < 1.29 is 9.13 Å². The van der Waals surface area contributed by atoms with Gasteiger partial charge in [0, 0.05) is 6.20 Å². The van der Waals surface area contributed by atoms with E-state index >= 15 is 0 Å². The molecule has 1 aromatic carbocycles. The Balaban J connectivity index is 2.35. The molecule has 2 aromatic rings. The molecule has 0 bridgehead atoms. The molecule has 1 aromatic heterocycles. The summed E-state index contributed by atoms with van der Waals surface area (Å²) in [5, 5.41) is 9.23. The molecule has 0 saturated carbocycles. The lowest BCUT2D eigenvalue weighted by atomic mass is 9.97. The van der Waals surface area contributed by atoms with Gasteiger partial charge in [0.05, 0.1) is 18.4 Å². The Kier molecular flexibility index (Phi) is 4.04. The molecule has 19 heavy (non-hydrogen) atoms. The molecule has 0 aliphatic carbocycles. The SMILES string of the molecule is CCOc1ccc(C(C#N)c2ccncn2)cc1F. The fraction of sp³-hybridized carbons (Fsp3) is 0.214. The molecule has 0 fully saturated rings. The van der Waals surface area contributed by atoms with Gasteiger partial charge in [-0.05, 0) is 30.7 Å². The lowest BCUT2D eigenvalue weighted by Gasteiger charge is -2.10. The number of ether oxygens (including phenoxy) is 1.